The SMILES string of the molecule is Cc1ccc(C[C@@H]2S/C(=C(/C#N)C(=O)Nc3ccccc3C)N(c3ccccc3)C2=O)cc1. The summed E-state index contributed by atoms with van der Waals surface area (Å²) in [6, 6.07) is 26.6. The summed E-state index contributed by atoms with van der Waals surface area (Å²) in [7, 11) is 0. The third-order valence-corrected chi connectivity index (χ3v) is 6.72. The first-order valence-corrected chi connectivity index (χ1v) is 11.5. The lowest BCUT2D eigenvalue weighted by Crippen LogP contribution is -2.30. The molecule has 0 aliphatic carbocycles. The van der Waals surface area contributed by atoms with Gasteiger partial charge in [0.2, 0.25) is 5.91 Å². The summed E-state index contributed by atoms with van der Waals surface area (Å²) in [5.41, 5.74) is 4.26. The molecule has 0 radical (unpaired) electrons. The van der Waals surface area contributed by atoms with E-state index in [1.807, 2.05) is 80.6 Å². The van der Waals surface area contributed by atoms with Gasteiger partial charge in [0.15, 0.2) is 0 Å². The molecular formula is C27H23N3O2S. The Labute approximate surface area is 197 Å². The molecule has 3 aromatic rings. The summed E-state index contributed by atoms with van der Waals surface area (Å²) in [5.74, 6) is -0.669. The maximum Gasteiger partial charge on any atom is 0.269 e. The van der Waals surface area contributed by atoms with Gasteiger partial charge in [0, 0.05) is 11.4 Å². The molecule has 1 heterocycles. The highest BCUT2D eigenvalue weighted by molar-refractivity contribution is 8.05. The highest BCUT2D eigenvalue weighted by Gasteiger charge is 2.40. The molecule has 4 rings (SSSR count). The molecule has 5 nitrogen and oxygen atoms in total. The largest absolute Gasteiger partial charge is 0.321 e. The molecule has 1 atom stereocenters. The van der Waals surface area contributed by atoms with Gasteiger partial charge in [0.1, 0.15) is 16.7 Å². The van der Waals surface area contributed by atoms with E-state index in [2.05, 4.69) is 5.32 Å². The van der Waals surface area contributed by atoms with Crippen LogP contribution in [0.1, 0.15) is 16.7 Å². The molecule has 33 heavy (non-hydrogen) atoms. The number of anilines is 2. The Balaban J connectivity index is 1.72. The second kappa shape index (κ2) is 9.76. The minimum absolute atomic E-state index is 0.0770. The molecule has 0 saturated carbocycles. The van der Waals surface area contributed by atoms with Crippen molar-refractivity contribution in [2.75, 3.05) is 10.2 Å². The number of nitriles is 1. The number of benzene rings is 3. The second-order valence-corrected chi connectivity index (χ2v) is 9.06. The van der Waals surface area contributed by atoms with Crippen molar-refractivity contribution in [3.05, 3.63) is 106 Å². The number of rotatable bonds is 5. The molecule has 0 aromatic heterocycles. The van der Waals surface area contributed by atoms with E-state index in [4.69, 9.17) is 0 Å². The summed E-state index contributed by atoms with van der Waals surface area (Å²) in [5, 5.41) is 12.7. The van der Waals surface area contributed by atoms with Gasteiger partial charge in [-0.1, -0.05) is 78.0 Å². The number of hydrogen-bond donors (Lipinski definition) is 1. The van der Waals surface area contributed by atoms with Crippen molar-refractivity contribution >= 4 is 35.0 Å². The lowest BCUT2D eigenvalue weighted by atomic mass is 10.1. The first-order chi connectivity index (χ1) is 16.0. The Kier molecular flexibility index (Phi) is 6.62. The number of nitrogens with one attached hydrogen (secondary N) is 1. The van der Waals surface area contributed by atoms with Gasteiger partial charge in [-0.05, 0) is 49.6 Å². The minimum Gasteiger partial charge on any atom is -0.321 e. The molecular weight excluding hydrogens is 430 g/mol. The molecule has 1 aliphatic heterocycles. The van der Waals surface area contributed by atoms with Crippen LogP contribution in [0, 0.1) is 25.2 Å². The number of amides is 2. The number of carbonyl (C=O) groups excluding carboxylic acids is 2. The third-order valence-electron chi connectivity index (χ3n) is 5.45. The molecule has 1 fully saturated rings. The maximum atomic E-state index is 13.5. The lowest BCUT2D eigenvalue weighted by Gasteiger charge is -2.18. The third kappa shape index (κ3) is 4.84. The molecule has 0 bridgehead atoms. The van der Waals surface area contributed by atoms with Gasteiger partial charge in [-0.25, -0.2) is 0 Å². The van der Waals surface area contributed by atoms with Crippen LogP contribution in [0.3, 0.4) is 0 Å². The van der Waals surface area contributed by atoms with Crippen LogP contribution in [0.25, 0.3) is 0 Å². The zero-order valence-corrected chi connectivity index (χ0v) is 19.2. The normalized spacial score (nSPS) is 16.9. The van der Waals surface area contributed by atoms with Crippen LogP contribution in [-0.4, -0.2) is 17.1 Å². The van der Waals surface area contributed by atoms with Crippen molar-refractivity contribution in [3.63, 3.8) is 0 Å². The number of hydrogen-bond acceptors (Lipinski definition) is 4. The van der Waals surface area contributed by atoms with Crippen LogP contribution in [0.2, 0.25) is 0 Å². The first kappa shape index (κ1) is 22.4. The zero-order valence-electron chi connectivity index (χ0n) is 18.4. The van der Waals surface area contributed by atoms with Crippen molar-refractivity contribution in [2.45, 2.75) is 25.5 Å². The highest BCUT2D eigenvalue weighted by Crippen LogP contribution is 2.42. The van der Waals surface area contributed by atoms with Crippen LogP contribution < -0.4 is 10.2 Å². The summed E-state index contributed by atoms with van der Waals surface area (Å²) in [4.78, 5) is 28.1. The summed E-state index contributed by atoms with van der Waals surface area (Å²) in [6.07, 6.45) is 0.509. The minimum atomic E-state index is -0.529. The van der Waals surface area contributed by atoms with Crippen LogP contribution in [-0.2, 0) is 16.0 Å². The van der Waals surface area contributed by atoms with E-state index in [0.717, 1.165) is 16.7 Å². The van der Waals surface area contributed by atoms with E-state index in [0.29, 0.717) is 22.8 Å². The Morgan fingerprint density at radius 3 is 2.33 bits per heavy atom. The quantitative estimate of drug-likeness (QED) is 0.416. The van der Waals surface area contributed by atoms with Crippen LogP contribution in [0.4, 0.5) is 11.4 Å². The van der Waals surface area contributed by atoms with Gasteiger partial charge in [0.25, 0.3) is 5.91 Å². The van der Waals surface area contributed by atoms with Gasteiger partial charge < -0.3 is 5.32 Å². The summed E-state index contributed by atoms with van der Waals surface area (Å²) >= 11 is 1.27. The van der Waals surface area contributed by atoms with Crippen LogP contribution >= 0.6 is 11.8 Å². The van der Waals surface area contributed by atoms with Gasteiger partial charge in [-0.3, -0.25) is 14.5 Å². The van der Waals surface area contributed by atoms with Crippen molar-refractivity contribution in [1.82, 2.24) is 0 Å². The molecule has 164 valence electrons. The van der Waals surface area contributed by atoms with E-state index in [1.54, 1.807) is 18.2 Å². The molecule has 1 N–H and O–H groups in total. The van der Waals surface area contributed by atoms with Crippen molar-refractivity contribution < 1.29 is 9.59 Å². The average Bonchev–Trinajstić information content (AvgIpc) is 3.13. The topological polar surface area (TPSA) is 73.2 Å². The number of para-hydroxylation sites is 2. The second-order valence-electron chi connectivity index (χ2n) is 7.87. The van der Waals surface area contributed by atoms with Gasteiger partial charge in [-0.2, -0.15) is 5.26 Å². The molecule has 0 unspecified atom stereocenters. The van der Waals surface area contributed by atoms with Gasteiger partial charge in [0.05, 0.1) is 5.25 Å². The number of thioether (sulfide) groups is 1. The van der Waals surface area contributed by atoms with E-state index in [1.165, 1.54) is 16.7 Å². The number of carbonyl (C=O) groups is 2. The fourth-order valence-electron chi connectivity index (χ4n) is 3.64. The molecule has 2 amide bonds. The summed E-state index contributed by atoms with van der Waals surface area (Å²) in [6.45, 7) is 3.90. The van der Waals surface area contributed by atoms with E-state index in [9.17, 15) is 14.9 Å². The molecule has 6 heteroatoms. The number of nitrogens with zero attached hydrogens (tertiary/aromatic N) is 2. The Morgan fingerprint density at radius 1 is 1.00 bits per heavy atom. The Morgan fingerprint density at radius 2 is 1.67 bits per heavy atom. The van der Waals surface area contributed by atoms with E-state index in [-0.39, 0.29) is 11.5 Å². The molecule has 1 aliphatic rings. The number of aryl methyl sites for hydroxylation is 2. The standard InChI is InChI=1S/C27H23N3O2S/c1-18-12-14-20(15-13-18)16-24-26(32)30(21-9-4-3-5-10-21)27(33-24)22(17-28)25(31)29-23-11-7-6-8-19(23)2/h3-15,24H,16H2,1-2H3,(H,29,31)/b27-22-/t24-/m0/s1. The zero-order chi connectivity index (χ0) is 23.4. The lowest BCUT2D eigenvalue weighted by molar-refractivity contribution is -0.117. The monoisotopic (exact) mass is 453 g/mol. The highest BCUT2D eigenvalue weighted by atomic mass is 32.2. The van der Waals surface area contributed by atoms with Crippen molar-refractivity contribution in [2.24, 2.45) is 0 Å². The molecule has 3 aromatic carbocycles. The average molecular weight is 454 g/mol. The van der Waals surface area contributed by atoms with Gasteiger partial charge in [-0.15, -0.1) is 0 Å². The predicted octanol–water partition coefficient (Wildman–Crippen LogP) is 5.37. The van der Waals surface area contributed by atoms with Gasteiger partial charge >= 0.3 is 0 Å². The van der Waals surface area contributed by atoms with Crippen LogP contribution in [0.15, 0.2) is 89.5 Å². The van der Waals surface area contributed by atoms with E-state index >= 15 is 0 Å². The predicted molar refractivity (Wildman–Crippen MR) is 133 cm³/mol. The molecule has 1 saturated heterocycles. The smallest absolute Gasteiger partial charge is 0.269 e. The van der Waals surface area contributed by atoms with Crippen LogP contribution in [0.5, 0.6) is 0 Å². The Hall–Kier alpha value is -3.82. The van der Waals surface area contributed by atoms with E-state index < -0.39 is 11.2 Å². The maximum absolute atomic E-state index is 13.5. The summed E-state index contributed by atoms with van der Waals surface area (Å²) < 4.78 is 0. The molecule has 0 spiro atoms. The fraction of sp³-hybridized carbons (Fsp3) is 0.148. The van der Waals surface area contributed by atoms with Crippen molar-refractivity contribution in [3.8, 4) is 6.07 Å². The van der Waals surface area contributed by atoms with Crippen molar-refractivity contribution in [1.29, 1.82) is 5.26 Å². The Bertz CT molecular complexity index is 1260. The first-order valence-electron chi connectivity index (χ1n) is 10.6. The fourth-order valence-corrected chi connectivity index (χ4v) is 4.94.